The summed E-state index contributed by atoms with van der Waals surface area (Å²) in [6, 6.07) is 14.4. The summed E-state index contributed by atoms with van der Waals surface area (Å²) >= 11 is 0. The van der Waals surface area contributed by atoms with E-state index in [1.54, 1.807) is 0 Å². The Labute approximate surface area is 103 Å². The molecule has 0 radical (unpaired) electrons. The minimum atomic E-state index is -0.747. The summed E-state index contributed by atoms with van der Waals surface area (Å²) in [4.78, 5) is 10.7. The van der Waals surface area contributed by atoms with Crippen LogP contribution in [0, 0.1) is 0 Å². The molecule has 3 aromatic rings. The lowest BCUT2D eigenvalue weighted by atomic mass is 10.0. The zero-order valence-corrected chi connectivity index (χ0v) is 9.63. The van der Waals surface area contributed by atoms with Crippen LogP contribution in [0.3, 0.4) is 0 Å². The molecule has 0 aliphatic heterocycles. The molecule has 0 amide bonds. The van der Waals surface area contributed by atoms with E-state index in [1.807, 2.05) is 18.2 Å². The predicted octanol–water partition coefficient (Wildman–Crippen LogP) is 2.57. The zero-order valence-electron chi connectivity index (χ0n) is 9.63. The van der Waals surface area contributed by atoms with Crippen LogP contribution in [0.1, 0.15) is 11.5 Å². The molecule has 0 fully saturated rings. The summed E-state index contributed by atoms with van der Waals surface area (Å²) < 4.78 is 9.15. The third-order valence-electron chi connectivity index (χ3n) is 2.91. The largest absolute Gasteiger partial charge is 0.542 e. The Hall–Kier alpha value is -2.36. The fourth-order valence-electron chi connectivity index (χ4n) is 2.07. The summed E-state index contributed by atoms with van der Waals surface area (Å²) in [5.74, 6) is -0.407. The maximum Gasteiger partial charge on any atom is 0.542 e. The lowest BCUT2D eigenvalue weighted by molar-refractivity contribution is 0.334. The normalized spacial score (nSPS) is 10.9. The predicted molar refractivity (Wildman–Crippen MR) is 66.4 cm³/mol. The van der Waals surface area contributed by atoms with Crippen molar-refractivity contribution in [3.8, 4) is 0 Å². The number of rotatable bonds is 3. The van der Waals surface area contributed by atoms with Crippen molar-refractivity contribution >= 4 is 10.8 Å². The molecule has 18 heavy (non-hydrogen) atoms. The molecular formula is C14H11NO3. The molecule has 0 N–H and O–H groups in total. The maximum atomic E-state index is 10.7. The van der Waals surface area contributed by atoms with E-state index in [-0.39, 0.29) is 0 Å². The molecule has 0 saturated heterocycles. The first kappa shape index (κ1) is 10.8. The zero-order chi connectivity index (χ0) is 12.4. The summed E-state index contributed by atoms with van der Waals surface area (Å²) in [6.07, 6.45) is 1.32. The van der Waals surface area contributed by atoms with Crippen molar-refractivity contribution in [1.29, 1.82) is 0 Å². The van der Waals surface area contributed by atoms with Crippen molar-refractivity contribution in [1.82, 2.24) is 5.16 Å². The van der Waals surface area contributed by atoms with E-state index in [1.165, 1.54) is 16.3 Å². The van der Waals surface area contributed by atoms with Crippen molar-refractivity contribution in [3.63, 3.8) is 0 Å². The number of benzene rings is 2. The van der Waals surface area contributed by atoms with Crippen LogP contribution in [0.2, 0.25) is 0 Å². The number of hydrogen-bond acceptors (Lipinski definition) is 4. The van der Waals surface area contributed by atoms with Crippen LogP contribution in [0.25, 0.3) is 10.8 Å². The molecule has 0 aliphatic rings. The molecular weight excluding hydrogens is 230 g/mol. The highest BCUT2D eigenvalue weighted by Crippen LogP contribution is 2.19. The van der Waals surface area contributed by atoms with Crippen LogP contribution in [0.5, 0.6) is 0 Å². The minimum Gasteiger partial charge on any atom is -0.375 e. The number of hydrogen-bond donors (Lipinski definition) is 0. The van der Waals surface area contributed by atoms with E-state index in [2.05, 4.69) is 33.9 Å². The molecule has 1 heterocycles. The first-order valence-electron chi connectivity index (χ1n) is 5.75. The molecule has 0 unspecified atom stereocenters. The van der Waals surface area contributed by atoms with Crippen LogP contribution in [-0.4, -0.2) is 5.16 Å². The summed E-state index contributed by atoms with van der Waals surface area (Å²) in [7, 11) is 0. The average molecular weight is 241 g/mol. The summed E-state index contributed by atoms with van der Waals surface area (Å²) in [5, 5.41) is 5.98. The van der Waals surface area contributed by atoms with Gasteiger partial charge < -0.3 is 4.42 Å². The van der Waals surface area contributed by atoms with E-state index < -0.39 is 5.82 Å². The van der Waals surface area contributed by atoms with Crippen molar-refractivity contribution in [2.45, 2.75) is 12.8 Å². The van der Waals surface area contributed by atoms with E-state index in [9.17, 15) is 4.79 Å². The number of nitrogens with zero attached hydrogens (tertiary/aromatic N) is 1. The highest BCUT2D eigenvalue weighted by molar-refractivity contribution is 5.85. The van der Waals surface area contributed by atoms with Gasteiger partial charge in [0.1, 0.15) is 0 Å². The highest BCUT2D eigenvalue weighted by Gasteiger charge is 2.06. The van der Waals surface area contributed by atoms with Crippen LogP contribution in [0.4, 0.5) is 0 Å². The van der Waals surface area contributed by atoms with Gasteiger partial charge in [-0.15, -0.1) is 0 Å². The highest BCUT2D eigenvalue weighted by atomic mass is 16.6. The Morgan fingerprint density at radius 1 is 1.00 bits per heavy atom. The standard InChI is InChI=1S/C14H11NO3/c16-14-17-13(15-18-14)9-8-11-6-3-5-10-4-1-2-7-12(10)11/h1-7H,8-9H2. The monoisotopic (exact) mass is 241 g/mol. The fourth-order valence-corrected chi connectivity index (χ4v) is 2.07. The Kier molecular flexibility index (Phi) is 2.68. The maximum absolute atomic E-state index is 10.7. The van der Waals surface area contributed by atoms with E-state index >= 15 is 0 Å². The van der Waals surface area contributed by atoms with Gasteiger partial charge in [0.05, 0.1) is 0 Å². The van der Waals surface area contributed by atoms with Gasteiger partial charge in [0, 0.05) is 6.42 Å². The second-order valence-electron chi connectivity index (χ2n) is 4.07. The summed E-state index contributed by atoms with van der Waals surface area (Å²) in [6.45, 7) is 0. The second kappa shape index (κ2) is 4.49. The van der Waals surface area contributed by atoms with Gasteiger partial charge >= 0.3 is 5.82 Å². The smallest absolute Gasteiger partial charge is 0.375 e. The van der Waals surface area contributed by atoms with Crippen molar-refractivity contribution < 1.29 is 8.94 Å². The topological polar surface area (TPSA) is 56.2 Å². The van der Waals surface area contributed by atoms with Gasteiger partial charge in [0.15, 0.2) is 0 Å². The first-order chi connectivity index (χ1) is 8.83. The van der Waals surface area contributed by atoms with Crippen molar-refractivity contribution in [2.24, 2.45) is 0 Å². The molecule has 0 bridgehead atoms. The Bertz CT molecular complexity index is 721. The van der Waals surface area contributed by atoms with Gasteiger partial charge in [-0.05, 0) is 27.9 Å². The summed E-state index contributed by atoms with van der Waals surface area (Å²) in [5.41, 5.74) is 1.21. The lowest BCUT2D eigenvalue weighted by Crippen LogP contribution is -1.93. The van der Waals surface area contributed by atoms with Gasteiger partial charge in [-0.1, -0.05) is 42.5 Å². The van der Waals surface area contributed by atoms with Crippen LogP contribution >= 0.6 is 0 Å². The quantitative estimate of drug-likeness (QED) is 0.707. The second-order valence-corrected chi connectivity index (χ2v) is 4.07. The first-order valence-corrected chi connectivity index (χ1v) is 5.75. The lowest BCUT2D eigenvalue weighted by Gasteiger charge is -2.04. The third kappa shape index (κ3) is 2.05. The van der Waals surface area contributed by atoms with Gasteiger partial charge in [-0.3, -0.25) is 4.52 Å². The van der Waals surface area contributed by atoms with Crippen LogP contribution in [-0.2, 0) is 12.8 Å². The van der Waals surface area contributed by atoms with E-state index in [0.29, 0.717) is 12.3 Å². The van der Waals surface area contributed by atoms with Crippen molar-refractivity contribution in [2.75, 3.05) is 0 Å². The Morgan fingerprint density at radius 2 is 1.83 bits per heavy atom. The minimum absolute atomic E-state index is 0.341. The van der Waals surface area contributed by atoms with E-state index in [0.717, 1.165) is 6.42 Å². The molecule has 4 nitrogen and oxygen atoms in total. The Morgan fingerprint density at radius 3 is 2.67 bits per heavy atom. The molecule has 0 saturated carbocycles. The fraction of sp³-hybridized carbons (Fsp3) is 0.143. The van der Waals surface area contributed by atoms with E-state index in [4.69, 9.17) is 4.42 Å². The molecule has 0 atom stereocenters. The molecule has 1 aromatic heterocycles. The molecule has 3 rings (SSSR count). The number of aryl methyl sites for hydroxylation is 2. The molecule has 4 heteroatoms. The van der Waals surface area contributed by atoms with Gasteiger partial charge in [-0.25, -0.2) is 4.79 Å². The molecule has 0 spiro atoms. The average Bonchev–Trinajstić information content (AvgIpc) is 2.82. The number of fused-ring (bicyclic) bond motifs is 1. The van der Waals surface area contributed by atoms with Crippen LogP contribution < -0.4 is 5.82 Å². The number of aromatic nitrogens is 1. The Balaban J connectivity index is 1.88. The molecule has 0 aliphatic carbocycles. The van der Waals surface area contributed by atoms with Crippen molar-refractivity contribution in [3.05, 3.63) is 64.5 Å². The SMILES string of the molecule is O=c1onc(CCc2cccc3ccccc23)o1. The van der Waals surface area contributed by atoms with Gasteiger partial charge in [0.2, 0.25) is 5.89 Å². The molecule has 90 valence electrons. The third-order valence-corrected chi connectivity index (χ3v) is 2.91. The molecule has 2 aromatic carbocycles. The van der Waals surface area contributed by atoms with Gasteiger partial charge in [0.25, 0.3) is 0 Å². The van der Waals surface area contributed by atoms with Crippen LogP contribution in [0.15, 0.2) is 56.2 Å². The van der Waals surface area contributed by atoms with Gasteiger partial charge in [-0.2, -0.15) is 0 Å².